The maximum atomic E-state index is 6.16. The molecule has 96 valence electrons. The van der Waals surface area contributed by atoms with Gasteiger partial charge in [0.25, 0.3) is 0 Å². The number of aromatic amines is 1. The molecule has 0 spiro atoms. The van der Waals surface area contributed by atoms with E-state index in [1.165, 1.54) is 10.9 Å². The van der Waals surface area contributed by atoms with Gasteiger partial charge in [-0.25, -0.2) is 0 Å². The fraction of sp³-hybridized carbons (Fsp3) is 0.467. The predicted octanol–water partition coefficient (Wildman–Crippen LogP) is 3.68. The Morgan fingerprint density at radius 3 is 2.50 bits per heavy atom. The minimum Gasteiger partial charge on any atom is -0.495 e. The van der Waals surface area contributed by atoms with Crippen LogP contribution in [0.15, 0.2) is 18.2 Å². The summed E-state index contributed by atoms with van der Waals surface area (Å²) in [6, 6.07) is 6.13. The van der Waals surface area contributed by atoms with Gasteiger partial charge in [-0.2, -0.15) is 0 Å². The van der Waals surface area contributed by atoms with E-state index < -0.39 is 0 Å². The molecule has 0 amide bonds. The zero-order chi connectivity index (χ0) is 13.1. The third-order valence-corrected chi connectivity index (χ3v) is 3.73. The van der Waals surface area contributed by atoms with Gasteiger partial charge in [0.15, 0.2) is 0 Å². The van der Waals surface area contributed by atoms with E-state index in [0.29, 0.717) is 0 Å². The van der Waals surface area contributed by atoms with Crippen LogP contribution in [0.25, 0.3) is 10.9 Å². The lowest BCUT2D eigenvalue weighted by Crippen LogP contribution is -2.23. The molecule has 0 bridgehead atoms. The van der Waals surface area contributed by atoms with Crippen LogP contribution in [-0.2, 0) is 15.9 Å². The van der Waals surface area contributed by atoms with Crippen LogP contribution in [0, 0.1) is 0 Å². The fourth-order valence-corrected chi connectivity index (χ4v) is 3.18. The number of rotatable bonds is 1. The molecule has 1 aromatic heterocycles. The number of methoxy groups -OCH3 is 1. The Morgan fingerprint density at radius 2 is 1.83 bits per heavy atom. The SMILES string of the molecule is COc1cccc2c3c([nH]c12)C(C)(C)OC3(C)C. The molecule has 0 atom stereocenters. The number of H-pyrrole nitrogens is 1. The van der Waals surface area contributed by atoms with E-state index in [1.54, 1.807) is 7.11 Å². The molecule has 0 unspecified atom stereocenters. The molecule has 0 radical (unpaired) electrons. The smallest absolute Gasteiger partial charge is 0.142 e. The summed E-state index contributed by atoms with van der Waals surface area (Å²) < 4.78 is 11.6. The molecule has 3 rings (SSSR count). The molecule has 1 aromatic carbocycles. The van der Waals surface area contributed by atoms with Crippen LogP contribution in [0.1, 0.15) is 39.0 Å². The quantitative estimate of drug-likeness (QED) is 0.831. The third kappa shape index (κ3) is 1.34. The van der Waals surface area contributed by atoms with Gasteiger partial charge in [0.05, 0.1) is 23.9 Å². The Morgan fingerprint density at radius 1 is 1.11 bits per heavy atom. The first kappa shape index (κ1) is 11.6. The van der Waals surface area contributed by atoms with Crippen molar-refractivity contribution in [2.24, 2.45) is 0 Å². The van der Waals surface area contributed by atoms with Crippen LogP contribution in [-0.4, -0.2) is 12.1 Å². The van der Waals surface area contributed by atoms with Crippen molar-refractivity contribution in [3.8, 4) is 5.75 Å². The monoisotopic (exact) mass is 245 g/mol. The highest BCUT2D eigenvalue weighted by atomic mass is 16.5. The van der Waals surface area contributed by atoms with Crippen molar-refractivity contribution in [2.75, 3.05) is 7.11 Å². The van der Waals surface area contributed by atoms with E-state index in [4.69, 9.17) is 9.47 Å². The van der Waals surface area contributed by atoms with Crippen LogP contribution in [0.2, 0.25) is 0 Å². The van der Waals surface area contributed by atoms with Crippen molar-refractivity contribution >= 4 is 10.9 Å². The van der Waals surface area contributed by atoms with Gasteiger partial charge in [-0.15, -0.1) is 0 Å². The molecular formula is C15H19NO2. The topological polar surface area (TPSA) is 34.2 Å². The van der Waals surface area contributed by atoms with Crippen LogP contribution < -0.4 is 4.74 Å². The Hall–Kier alpha value is -1.48. The van der Waals surface area contributed by atoms with E-state index in [1.807, 2.05) is 12.1 Å². The Labute approximate surface area is 107 Å². The molecule has 18 heavy (non-hydrogen) atoms. The van der Waals surface area contributed by atoms with Gasteiger partial charge < -0.3 is 14.5 Å². The van der Waals surface area contributed by atoms with E-state index in [0.717, 1.165) is 17.0 Å². The lowest BCUT2D eigenvalue weighted by molar-refractivity contribution is -0.106. The molecule has 0 aliphatic carbocycles. The van der Waals surface area contributed by atoms with E-state index in [9.17, 15) is 0 Å². The average molecular weight is 245 g/mol. The summed E-state index contributed by atoms with van der Waals surface area (Å²) in [5.41, 5.74) is 2.91. The lowest BCUT2D eigenvalue weighted by atomic mass is 9.94. The van der Waals surface area contributed by atoms with Crippen LogP contribution in [0.5, 0.6) is 5.75 Å². The summed E-state index contributed by atoms with van der Waals surface area (Å²) in [6.45, 7) is 8.44. The standard InChI is InChI=1S/C15H19NO2/c1-14(2)11-9-7-6-8-10(17-5)12(9)16-13(11)15(3,4)18-14/h6-8,16H,1-5H3. The maximum absolute atomic E-state index is 6.16. The molecule has 2 heterocycles. The number of hydrogen-bond acceptors (Lipinski definition) is 2. The van der Waals surface area contributed by atoms with E-state index >= 15 is 0 Å². The molecule has 0 fully saturated rings. The summed E-state index contributed by atoms with van der Waals surface area (Å²) in [4.78, 5) is 3.49. The molecular weight excluding hydrogens is 226 g/mol. The molecule has 3 heteroatoms. The molecule has 1 N–H and O–H groups in total. The average Bonchev–Trinajstić information content (AvgIpc) is 2.74. The van der Waals surface area contributed by atoms with Crippen molar-refractivity contribution in [3.63, 3.8) is 0 Å². The Balaban J connectivity index is 2.41. The summed E-state index contributed by atoms with van der Waals surface area (Å²) >= 11 is 0. The van der Waals surface area contributed by atoms with Gasteiger partial charge in [-0.05, 0) is 33.8 Å². The van der Waals surface area contributed by atoms with Gasteiger partial charge in [-0.1, -0.05) is 12.1 Å². The molecule has 1 aliphatic rings. The van der Waals surface area contributed by atoms with Crippen LogP contribution >= 0.6 is 0 Å². The fourth-order valence-electron chi connectivity index (χ4n) is 3.18. The van der Waals surface area contributed by atoms with E-state index in [2.05, 4.69) is 38.7 Å². The highest BCUT2D eigenvalue weighted by molar-refractivity contribution is 5.91. The van der Waals surface area contributed by atoms with Gasteiger partial charge in [0.2, 0.25) is 0 Å². The number of para-hydroxylation sites is 1. The normalized spacial score (nSPS) is 20.1. The number of fused-ring (bicyclic) bond motifs is 3. The van der Waals surface area contributed by atoms with Crippen molar-refractivity contribution in [2.45, 2.75) is 38.9 Å². The third-order valence-electron chi connectivity index (χ3n) is 3.73. The molecule has 0 saturated heterocycles. The number of benzene rings is 1. The number of hydrogen-bond donors (Lipinski definition) is 1. The Bertz CT molecular complexity index is 623. The minimum atomic E-state index is -0.289. The van der Waals surface area contributed by atoms with Crippen molar-refractivity contribution in [3.05, 3.63) is 29.5 Å². The lowest BCUT2D eigenvalue weighted by Gasteiger charge is -2.25. The second-order valence-corrected chi connectivity index (χ2v) is 5.88. The van der Waals surface area contributed by atoms with Gasteiger partial charge in [0.1, 0.15) is 11.4 Å². The van der Waals surface area contributed by atoms with E-state index in [-0.39, 0.29) is 11.2 Å². The van der Waals surface area contributed by atoms with Gasteiger partial charge in [-0.3, -0.25) is 0 Å². The second-order valence-electron chi connectivity index (χ2n) is 5.88. The number of ether oxygens (including phenoxy) is 2. The van der Waals surface area contributed by atoms with Crippen molar-refractivity contribution in [1.82, 2.24) is 4.98 Å². The van der Waals surface area contributed by atoms with Crippen molar-refractivity contribution in [1.29, 1.82) is 0 Å². The first-order valence-electron chi connectivity index (χ1n) is 6.26. The highest BCUT2D eigenvalue weighted by Crippen LogP contribution is 2.50. The molecule has 0 saturated carbocycles. The zero-order valence-corrected chi connectivity index (χ0v) is 11.5. The van der Waals surface area contributed by atoms with Gasteiger partial charge in [0, 0.05) is 10.9 Å². The molecule has 3 nitrogen and oxygen atoms in total. The first-order chi connectivity index (χ1) is 8.37. The summed E-state index contributed by atoms with van der Waals surface area (Å²) in [6.07, 6.45) is 0. The Kier molecular flexibility index (Phi) is 2.12. The number of nitrogens with one attached hydrogen (secondary N) is 1. The first-order valence-corrected chi connectivity index (χ1v) is 6.26. The summed E-state index contributed by atoms with van der Waals surface area (Å²) in [7, 11) is 1.70. The second kappa shape index (κ2) is 3.29. The zero-order valence-electron chi connectivity index (χ0n) is 11.5. The largest absolute Gasteiger partial charge is 0.495 e. The van der Waals surface area contributed by atoms with Gasteiger partial charge >= 0.3 is 0 Å². The van der Waals surface area contributed by atoms with Crippen LogP contribution in [0.4, 0.5) is 0 Å². The molecule has 1 aliphatic heterocycles. The number of aromatic nitrogens is 1. The van der Waals surface area contributed by atoms with Crippen molar-refractivity contribution < 1.29 is 9.47 Å². The molecule has 2 aromatic rings. The summed E-state index contributed by atoms with van der Waals surface area (Å²) in [5, 5.41) is 1.19. The highest BCUT2D eigenvalue weighted by Gasteiger charge is 2.45. The minimum absolute atomic E-state index is 0.274. The predicted molar refractivity (Wildman–Crippen MR) is 72.0 cm³/mol. The summed E-state index contributed by atoms with van der Waals surface area (Å²) in [5.74, 6) is 0.883. The van der Waals surface area contributed by atoms with Crippen LogP contribution in [0.3, 0.4) is 0 Å². The maximum Gasteiger partial charge on any atom is 0.142 e.